The molecule has 0 saturated carbocycles. The van der Waals surface area contributed by atoms with Gasteiger partial charge in [0.2, 0.25) is 0 Å². The van der Waals surface area contributed by atoms with Crippen LogP contribution >= 0.6 is 23.2 Å². The van der Waals surface area contributed by atoms with E-state index < -0.39 is 27.6 Å². The van der Waals surface area contributed by atoms with Crippen molar-refractivity contribution in [2.75, 3.05) is 5.32 Å². The lowest BCUT2D eigenvalue weighted by molar-refractivity contribution is 0.0570. The van der Waals surface area contributed by atoms with Crippen LogP contribution in [0.2, 0.25) is 10.0 Å². The van der Waals surface area contributed by atoms with E-state index in [1.165, 1.54) is 24.3 Å². The molecule has 0 aliphatic carbocycles. The van der Waals surface area contributed by atoms with E-state index in [0.29, 0.717) is 26.8 Å². The molecule has 1 aromatic heterocycles. The Labute approximate surface area is 195 Å². The van der Waals surface area contributed by atoms with Gasteiger partial charge < -0.3 is 14.6 Å². The second-order valence-electron chi connectivity index (χ2n) is 7.97. The number of hydrogen-bond donors (Lipinski definition) is 2. The highest BCUT2D eigenvalue weighted by atomic mass is 35.5. The minimum absolute atomic E-state index is 0.160. The van der Waals surface area contributed by atoms with Gasteiger partial charge in [-0.1, -0.05) is 23.2 Å². The molecule has 2 amide bonds. The zero-order valence-corrected chi connectivity index (χ0v) is 20.0. The van der Waals surface area contributed by atoms with E-state index in [2.05, 4.69) is 5.32 Å². The average Bonchev–Trinajstić information content (AvgIpc) is 3.00. The number of aromatic nitrogens is 1. The first-order chi connectivity index (χ1) is 14.8. The van der Waals surface area contributed by atoms with Crippen molar-refractivity contribution in [2.45, 2.75) is 31.3 Å². The number of benzene rings is 2. The number of halogens is 2. The number of rotatable bonds is 4. The second-order valence-corrected chi connectivity index (χ2v) is 10.4. The van der Waals surface area contributed by atoms with E-state index in [1.807, 2.05) is 4.72 Å². The Morgan fingerprint density at radius 1 is 1.03 bits per heavy atom. The Bertz CT molecular complexity index is 1310. The normalized spacial score (nSPS) is 11.9. The van der Waals surface area contributed by atoms with E-state index in [-0.39, 0.29) is 4.90 Å². The summed E-state index contributed by atoms with van der Waals surface area (Å²) in [4.78, 5) is 24.4. The van der Waals surface area contributed by atoms with Gasteiger partial charge in [-0.05, 0) is 63.2 Å². The van der Waals surface area contributed by atoms with Crippen LogP contribution in [0, 0.1) is 0 Å². The largest absolute Gasteiger partial charge is 0.443 e. The van der Waals surface area contributed by atoms with Crippen molar-refractivity contribution in [3.63, 3.8) is 0 Å². The molecule has 3 aromatic rings. The molecule has 0 unspecified atom stereocenters. The molecule has 11 heteroatoms. The Hall–Kier alpha value is -2.75. The lowest BCUT2D eigenvalue weighted by Crippen LogP contribution is -2.36. The maximum Gasteiger partial charge on any atom is 0.421 e. The molecule has 8 nitrogen and oxygen atoms in total. The monoisotopic (exact) mass is 497 g/mol. The van der Waals surface area contributed by atoms with Crippen LogP contribution in [0.5, 0.6) is 0 Å². The lowest BCUT2D eigenvalue weighted by Gasteiger charge is -2.19. The van der Waals surface area contributed by atoms with Crippen molar-refractivity contribution in [2.24, 2.45) is 7.05 Å². The summed E-state index contributed by atoms with van der Waals surface area (Å²) in [5, 5.41) is 4.08. The molecule has 0 bridgehead atoms. The van der Waals surface area contributed by atoms with Gasteiger partial charge in [0.25, 0.3) is 15.9 Å². The summed E-state index contributed by atoms with van der Waals surface area (Å²) in [5.41, 5.74) is 0.595. The van der Waals surface area contributed by atoms with Gasteiger partial charge in [0.15, 0.2) is 0 Å². The highest BCUT2D eigenvalue weighted by Crippen LogP contribution is 2.32. The molecule has 3 rings (SSSR count). The molecule has 1 heterocycles. The van der Waals surface area contributed by atoms with Gasteiger partial charge in [-0.25, -0.2) is 17.9 Å². The Balaban J connectivity index is 1.77. The second kappa shape index (κ2) is 8.65. The van der Waals surface area contributed by atoms with E-state index in [1.54, 1.807) is 50.6 Å². The molecule has 0 spiro atoms. The number of hydrogen-bond acceptors (Lipinski definition) is 5. The summed E-state index contributed by atoms with van der Waals surface area (Å²) in [6, 6.07) is 10.4. The first-order valence-electron chi connectivity index (χ1n) is 9.39. The molecule has 0 aliphatic rings. The van der Waals surface area contributed by atoms with Crippen molar-refractivity contribution in [3.05, 3.63) is 58.2 Å². The maximum absolute atomic E-state index is 12.8. The Morgan fingerprint density at radius 2 is 1.66 bits per heavy atom. The van der Waals surface area contributed by atoms with Crippen LogP contribution in [0.3, 0.4) is 0 Å². The van der Waals surface area contributed by atoms with Gasteiger partial charge in [-0.15, -0.1) is 0 Å². The lowest BCUT2D eigenvalue weighted by atomic mass is 10.2. The fraction of sp³-hybridized carbons (Fsp3) is 0.238. The third kappa shape index (κ3) is 5.17. The van der Waals surface area contributed by atoms with Crippen LogP contribution in [0.15, 0.2) is 47.4 Å². The number of anilines is 1. The number of nitrogens with one attached hydrogen (secondary N) is 2. The molecule has 32 heavy (non-hydrogen) atoms. The molecule has 2 N–H and O–H groups in total. The van der Waals surface area contributed by atoms with Crippen LogP contribution in [0.4, 0.5) is 10.5 Å². The molecule has 2 aromatic carbocycles. The van der Waals surface area contributed by atoms with Gasteiger partial charge in [0.1, 0.15) is 11.3 Å². The number of carbonyl (C=O) groups excluding carboxylic acids is 2. The number of aryl methyl sites for hydroxylation is 1. The first kappa shape index (κ1) is 23.9. The van der Waals surface area contributed by atoms with E-state index in [0.717, 1.165) is 5.52 Å². The zero-order chi connectivity index (χ0) is 23.8. The topological polar surface area (TPSA) is 107 Å². The van der Waals surface area contributed by atoms with Crippen molar-refractivity contribution >= 4 is 61.8 Å². The molecule has 0 fully saturated rings. The number of ether oxygens (including phenoxy) is 1. The summed E-state index contributed by atoms with van der Waals surface area (Å²) >= 11 is 12.3. The standard InChI is InChI=1S/C21H21Cl2N3O5S/c1-21(2,3)31-20(28)25-32(29,30)13-7-5-12(6-8-13)24-19(27)17-11-14-16(26(17)4)10-9-15(22)18(14)23/h5-11H,1-4H3,(H,24,27)(H,25,28). The first-order valence-corrected chi connectivity index (χ1v) is 11.6. The van der Waals surface area contributed by atoms with Gasteiger partial charge in [0.05, 0.1) is 14.9 Å². The third-order valence-corrected chi connectivity index (χ3v) is 6.53. The van der Waals surface area contributed by atoms with Gasteiger partial charge in [-0.3, -0.25) is 4.79 Å². The number of amides is 2. The minimum atomic E-state index is -4.13. The maximum atomic E-state index is 12.8. The summed E-state index contributed by atoms with van der Waals surface area (Å²) in [6.07, 6.45) is -1.08. The quantitative estimate of drug-likeness (QED) is 0.530. The highest BCUT2D eigenvalue weighted by Gasteiger charge is 2.23. The van der Waals surface area contributed by atoms with Crippen LogP contribution in [-0.2, 0) is 21.8 Å². The fourth-order valence-electron chi connectivity index (χ4n) is 2.95. The fourth-order valence-corrected chi connectivity index (χ4v) is 4.20. The van der Waals surface area contributed by atoms with Gasteiger partial charge in [0, 0.05) is 23.6 Å². The Morgan fingerprint density at radius 3 is 2.25 bits per heavy atom. The molecular weight excluding hydrogens is 477 g/mol. The highest BCUT2D eigenvalue weighted by molar-refractivity contribution is 7.90. The number of nitrogens with zero attached hydrogens (tertiary/aromatic N) is 1. The minimum Gasteiger partial charge on any atom is -0.443 e. The van der Waals surface area contributed by atoms with Crippen molar-refractivity contribution in [1.82, 2.24) is 9.29 Å². The number of fused-ring (bicyclic) bond motifs is 1. The average molecular weight is 498 g/mol. The summed E-state index contributed by atoms with van der Waals surface area (Å²) in [6.45, 7) is 4.86. The zero-order valence-electron chi connectivity index (χ0n) is 17.7. The summed E-state index contributed by atoms with van der Waals surface area (Å²) in [5.74, 6) is -0.418. The molecule has 0 saturated heterocycles. The van der Waals surface area contributed by atoms with E-state index >= 15 is 0 Å². The van der Waals surface area contributed by atoms with Crippen molar-refractivity contribution in [1.29, 1.82) is 0 Å². The van der Waals surface area contributed by atoms with Crippen LogP contribution < -0.4 is 10.0 Å². The summed E-state index contributed by atoms with van der Waals surface area (Å²) < 4.78 is 33.2. The molecule has 0 atom stereocenters. The number of sulfonamides is 1. The molecule has 170 valence electrons. The smallest absolute Gasteiger partial charge is 0.421 e. The van der Waals surface area contributed by atoms with Crippen LogP contribution in [-0.4, -0.2) is 30.6 Å². The van der Waals surface area contributed by atoms with E-state index in [9.17, 15) is 18.0 Å². The SMILES string of the molecule is Cn1c(C(=O)Nc2ccc(S(=O)(=O)NC(=O)OC(C)(C)C)cc2)cc2c(Cl)c(Cl)ccc21. The van der Waals surface area contributed by atoms with Crippen LogP contribution in [0.25, 0.3) is 10.9 Å². The van der Waals surface area contributed by atoms with Crippen LogP contribution in [0.1, 0.15) is 31.3 Å². The number of carbonyl (C=O) groups is 2. The van der Waals surface area contributed by atoms with Gasteiger partial charge in [-0.2, -0.15) is 0 Å². The van der Waals surface area contributed by atoms with Crippen molar-refractivity contribution < 1.29 is 22.7 Å². The van der Waals surface area contributed by atoms with E-state index in [4.69, 9.17) is 27.9 Å². The van der Waals surface area contributed by atoms with Gasteiger partial charge >= 0.3 is 6.09 Å². The molecular formula is C21H21Cl2N3O5S. The summed E-state index contributed by atoms with van der Waals surface area (Å²) in [7, 11) is -2.41. The predicted molar refractivity (Wildman–Crippen MR) is 124 cm³/mol. The third-order valence-electron chi connectivity index (χ3n) is 4.39. The predicted octanol–water partition coefficient (Wildman–Crippen LogP) is 4.95. The molecule has 0 aliphatic heterocycles. The Kier molecular flexibility index (Phi) is 6.46. The molecule has 0 radical (unpaired) electrons. The van der Waals surface area contributed by atoms with Crippen molar-refractivity contribution in [3.8, 4) is 0 Å².